The number of likely N-dealkylation sites (tertiary alicyclic amines) is 1. The molecular formula is C39H47N9O4. The number of nitrogen functional groups attached to an aromatic ring is 1. The highest BCUT2D eigenvalue weighted by atomic mass is 16.3. The van der Waals surface area contributed by atoms with Crippen LogP contribution in [0.15, 0.2) is 65.7 Å². The molecule has 2 aliphatic heterocycles. The maximum absolute atomic E-state index is 13.0. The fourth-order valence-corrected chi connectivity index (χ4v) is 7.70. The number of nitrogens with two attached hydrogens (primary N) is 1. The second-order valence-corrected chi connectivity index (χ2v) is 14.3. The Bertz CT molecular complexity index is 2130. The number of imidazole rings is 1. The van der Waals surface area contributed by atoms with E-state index in [2.05, 4.69) is 37.6 Å². The van der Waals surface area contributed by atoms with Crippen LogP contribution in [0.5, 0.6) is 5.75 Å². The Kier molecular flexibility index (Phi) is 10.5. The van der Waals surface area contributed by atoms with Gasteiger partial charge in [0.25, 0.3) is 0 Å². The molecule has 1 atom stereocenters. The number of aromatic hydroxyl groups is 1. The largest absolute Gasteiger partial charge is 0.507 e. The predicted octanol–water partition coefficient (Wildman–Crippen LogP) is 4.83. The Balaban J connectivity index is 0.813. The van der Waals surface area contributed by atoms with Crippen LogP contribution < -0.4 is 16.7 Å². The normalized spacial score (nSPS) is 17.2. The molecule has 7 rings (SSSR count). The molecule has 0 aliphatic carbocycles. The van der Waals surface area contributed by atoms with E-state index in [0.29, 0.717) is 29.4 Å². The van der Waals surface area contributed by atoms with E-state index in [0.717, 1.165) is 74.0 Å². The number of piperidine rings is 2. The Morgan fingerprint density at radius 2 is 1.69 bits per heavy atom. The van der Waals surface area contributed by atoms with Crippen molar-refractivity contribution in [3.8, 4) is 28.1 Å². The maximum atomic E-state index is 13.0. The summed E-state index contributed by atoms with van der Waals surface area (Å²) in [6.07, 6.45) is 13.6. The highest BCUT2D eigenvalue weighted by Crippen LogP contribution is 2.32. The zero-order valence-corrected chi connectivity index (χ0v) is 29.7. The van der Waals surface area contributed by atoms with Crippen molar-refractivity contribution in [1.29, 1.82) is 0 Å². The molecule has 0 radical (unpaired) electrons. The third-order valence-corrected chi connectivity index (χ3v) is 10.7. The number of fused-ring (bicyclic) bond motifs is 1. The van der Waals surface area contributed by atoms with Gasteiger partial charge in [-0.05, 0) is 100.0 Å². The standard InChI is InChI=1S/C39H47N9O4/c1-45-34-21-26(12-13-32(34)48(39(45)52)33-14-15-36(50)42-38(33)51)9-5-3-2-4-8-18-46-19-16-27(17-20-46)24-47-25-28(23-41-47)30-22-31(43-44-37(30)40)29-10-6-7-11-35(29)49/h6-7,10-13,21-23,25,27,33,49H,2-5,8-9,14-20,24H2,1H3,(H2,40,44)(H,42,50,51). The van der Waals surface area contributed by atoms with Gasteiger partial charge in [0, 0.05) is 42.9 Å². The van der Waals surface area contributed by atoms with Crippen molar-refractivity contribution in [1.82, 2.24) is 39.3 Å². The molecule has 1 unspecified atom stereocenters. The van der Waals surface area contributed by atoms with Crippen LogP contribution >= 0.6 is 0 Å². The summed E-state index contributed by atoms with van der Waals surface area (Å²) in [7, 11) is 1.74. The topological polar surface area (TPSA) is 166 Å². The van der Waals surface area contributed by atoms with Crippen molar-refractivity contribution >= 4 is 28.7 Å². The summed E-state index contributed by atoms with van der Waals surface area (Å²) in [5.74, 6) is 0.361. The molecule has 0 bridgehead atoms. The third kappa shape index (κ3) is 7.64. The number of nitrogens with one attached hydrogen (secondary N) is 1. The van der Waals surface area contributed by atoms with Gasteiger partial charge in [-0.25, -0.2) is 4.79 Å². The lowest BCUT2D eigenvalue weighted by Crippen LogP contribution is -2.44. The Hall–Kier alpha value is -5.30. The summed E-state index contributed by atoms with van der Waals surface area (Å²) >= 11 is 0. The van der Waals surface area contributed by atoms with Crippen LogP contribution in [0.4, 0.5) is 5.82 Å². The minimum atomic E-state index is -0.660. The summed E-state index contributed by atoms with van der Waals surface area (Å²) in [6, 6.07) is 14.3. The van der Waals surface area contributed by atoms with Gasteiger partial charge in [0.2, 0.25) is 11.8 Å². The number of carbonyl (C=O) groups excluding carboxylic acids is 2. The van der Waals surface area contributed by atoms with Gasteiger partial charge < -0.3 is 15.7 Å². The highest BCUT2D eigenvalue weighted by Gasteiger charge is 2.31. The second kappa shape index (κ2) is 15.5. The molecule has 0 spiro atoms. The molecule has 2 aliphatic rings. The van der Waals surface area contributed by atoms with Crippen molar-refractivity contribution in [2.24, 2.45) is 13.0 Å². The molecule has 13 nitrogen and oxygen atoms in total. The number of amides is 2. The number of phenols is 1. The van der Waals surface area contributed by atoms with Crippen molar-refractivity contribution in [3.63, 3.8) is 0 Å². The summed E-state index contributed by atoms with van der Waals surface area (Å²) in [6.45, 7) is 4.23. The number of anilines is 1. The number of benzene rings is 2. The lowest BCUT2D eigenvalue weighted by Gasteiger charge is -2.31. The zero-order valence-electron chi connectivity index (χ0n) is 29.7. The molecule has 4 N–H and O–H groups in total. The van der Waals surface area contributed by atoms with Crippen LogP contribution in [-0.4, -0.2) is 70.6 Å². The van der Waals surface area contributed by atoms with E-state index in [4.69, 9.17) is 5.73 Å². The van der Waals surface area contributed by atoms with Gasteiger partial charge in [-0.2, -0.15) is 5.10 Å². The van der Waals surface area contributed by atoms with Crippen LogP contribution in [0.1, 0.15) is 69.4 Å². The number of para-hydroxylation sites is 1. The van der Waals surface area contributed by atoms with Crippen LogP contribution in [-0.2, 0) is 29.6 Å². The zero-order chi connectivity index (χ0) is 36.2. The van der Waals surface area contributed by atoms with Gasteiger partial charge in [0.1, 0.15) is 11.8 Å². The Labute approximate surface area is 302 Å². The smallest absolute Gasteiger partial charge is 0.329 e. The van der Waals surface area contributed by atoms with Crippen LogP contribution in [0, 0.1) is 5.92 Å². The Morgan fingerprint density at radius 3 is 2.50 bits per heavy atom. The third-order valence-electron chi connectivity index (χ3n) is 10.7. The molecule has 52 heavy (non-hydrogen) atoms. The highest BCUT2D eigenvalue weighted by molar-refractivity contribution is 6.00. The second-order valence-electron chi connectivity index (χ2n) is 14.3. The fourth-order valence-electron chi connectivity index (χ4n) is 7.70. The van der Waals surface area contributed by atoms with E-state index >= 15 is 0 Å². The van der Waals surface area contributed by atoms with Gasteiger partial charge >= 0.3 is 5.69 Å². The van der Waals surface area contributed by atoms with E-state index in [1.54, 1.807) is 29.8 Å². The first-order valence-corrected chi connectivity index (χ1v) is 18.5. The van der Waals surface area contributed by atoms with Crippen LogP contribution in [0.2, 0.25) is 0 Å². The van der Waals surface area contributed by atoms with Crippen molar-refractivity contribution < 1.29 is 14.7 Å². The minimum Gasteiger partial charge on any atom is -0.507 e. The summed E-state index contributed by atoms with van der Waals surface area (Å²) in [5.41, 5.74) is 11.5. The van der Waals surface area contributed by atoms with Gasteiger partial charge in [-0.1, -0.05) is 37.5 Å². The van der Waals surface area contributed by atoms with E-state index in [-0.39, 0.29) is 23.8 Å². The van der Waals surface area contributed by atoms with Crippen molar-refractivity contribution in [2.75, 3.05) is 25.4 Å². The lowest BCUT2D eigenvalue weighted by atomic mass is 9.96. The van der Waals surface area contributed by atoms with E-state index in [1.807, 2.05) is 35.3 Å². The molecular weight excluding hydrogens is 658 g/mol. The summed E-state index contributed by atoms with van der Waals surface area (Å²) in [5, 5.41) is 25.6. The maximum Gasteiger partial charge on any atom is 0.329 e. The number of aromatic nitrogens is 6. The van der Waals surface area contributed by atoms with E-state index < -0.39 is 11.9 Å². The number of unbranched alkanes of at least 4 members (excludes halogenated alkanes) is 4. The van der Waals surface area contributed by atoms with Crippen molar-refractivity contribution in [3.05, 3.63) is 77.0 Å². The number of imide groups is 1. The molecule has 13 heteroatoms. The molecule has 2 amide bonds. The van der Waals surface area contributed by atoms with Gasteiger partial charge in [-0.15, -0.1) is 10.2 Å². The first kappa shape index (κ1) is 35.1. The van der Waals surface area contributed by atoms with E-state index in [1.165, 1.54) is 35.8 Å². The average Bonchev–Trinajstić information content (AvgIpc) is 3.70. The molecule has 272 valence electrons. The minimum absolute atomic E-state index is 0.149. The number of rotatable bonds is 13. The molecule has 5 aromatic rings. The monoisotopic (exact) mass is 705 g/mol. The average molecular weight is 706 g/mol. The quantitative estimate of drug-likeness (QED) is 0.115. The first-order chi connectivity index (χ1) is 25.2. The van der Waals surface area contributed by atoms with Crippen LogP contribution in [0.25, 0.3) is 33.4 Å². The van der Waals surface area contributed by atoms with Gasteiger partial charge in [0.05, 0.1) is 22.9 Å². The predicted molar refractivity (Wildman–Crippen MR) is 199 cm³/mol. The number of aryl methyl sites for hydroxylation is 2. The SMILES string of the molecule is Cn1c(=O)n(C2CCC(=O)NC2=O)c2ccc(CCCCCCCN3CCC(Cn4cc(-c5cc(-c6ccccc6O)nnc5N)cn4)CC3)cc21. The van der Waals surface area contributed by atoms with Gasteiger partial charge in [-0.3, -0.25) is 28.7 Å². The molecule has 2 fully saturated rings. The van der Waals surface area contributed by atoms with Gasteiger partial charge in [0.15, 0.2) is 5.82 Å². The first-order valence-electron chi connectivity index (χ1n) is 18.5. The lowest BCUT2D eigenvalue weighted by molar-refractivity contribution is -0.135. The molecule has 5 heterocycles. The molecule has 3 aromatic heterocycles. The fraction of sp³-hybridized carbons (Fsp3) is 0.436. The number of phenolic OH excluding ortho intramolecular Hbond substituents is 1. The number of hydrogen-bond acceptors (Lipinski definition) is 9. The molecule has 0 saturated carbocycles. The van der Waals surface area contributed by atoms with Crippen molar-refractivity contribution in [2.45, 2.75) is 76.8 Å². The number of carbonyl (C=O) groups is 2. The molecule has 2 aromatic carbocycles. The number of hydrogen-bond donors (Lipinski definition) is 3. The van der Waals surface area contributed by atoms with Crippen LogP contribution in [0.3, 0.4) is 0 Å². The number of nitrogens with zero attached hydrogens (tertiary/aromatic N) is 7. The Morgan fingerprint density at radius 1 is 0.904 bits per heavy atom. The van der Waals surface area contributed by atoms with E-state index in [9.17, 15) is 19.5 Å². The molecule has 2 saturated heterocycles. The summed E-state index contributed by atoms with van der Waals surface area (Å²) < 4.78 is 5.14. The summed E-state index contributed by atoms with van der Waals surface area (Å²) in [4.78, 5) is 39.7.